The maximum atomic E-state index is 9.19. The van der Waals surface area contributed by atoms with E-state index in [0.717, 1.165) is 35.5 Å². The molecule has 4 nitrogen and oxygen atoms in total. The molecular weight excluding hydrogens is 495 g/mol. The van der Waals surface area contributed by atoms with Gasteiger partial charge < -0.3 is 4.90 Å². The van der Waals surface area contributed by atoms with Crippen molar-refractivity contribution in [1.82, 2.24) is 9.88 Å². The van der Waals surface area contributed by atoms with Gasteiger partial charge in [-0.2, -0.15) is 5.26 Å². The number of nitrogens with zero attached hydrogens (tertiary/aromatic N) is 4. The van der Waals surface area contributed by atoms with Gasteiger partial charge in [0.25, 0.3) is 0 Å². The van der Waals surface area contributed by atoms with Crippen LogP contribution in [0, 0.1) is 11.3 Å². The highest BCUT2D eigenvalue weighted by Crippen LogP contribution is 2.37. The molecule has 0 spiro atoms. The second-order valence-electron chi connectivity index (χ2n) is 7.61. The minimum absolute atomic E-state index is 0.0920. The van der Waals surface area contributed by atoms with E-state index in [9.17, 15) is 5.26 Å². The molecule has 0 amide bonds. The highest BCUT2D eigenvalue weighted by atomic mass is 79.9. The topological polar surface area (TPSA) is 43.2 Å². The molecule has 1 aliphatic rings. The average Bonchev–Trinajstić information content (AvgIpc) is 2.79. The zero-order valence-electron chi connectivity index (χ0n) is 17.0. The first-order valence-electron chi connectivity index (χ1n) is 10.0. The number of piperazine rings is 1. The maximum Gasteiger partial charge on any atom is 0.0992 e. The number of rotatable bonds is 4. The quantitative estimate of drug-likeness (QED) is 0.390. The van der Waals surface area contributed by atoms with Gasteiger partial charge in [-0.25, -0.2) is 0 Å². The van der Waals surface area contributed by atoms with Crippen molar-refractivity contribution in [3.63, 3.8) is 0 Å². The fourth-order valence-corrected chi connectivity index (χ4v) is 4.69. The van der Waals surface area contributed by atoms with Crippen LogP contribution in [0.4, 0.5) is 5.69 Å². The Morgan fingerprint density at radius 1 is 1.10 bits per heavy atom. The number of nitriles is 1. The van der Waals surface area contributed by atoms with E-state index in [4.69, 9.17) is 23.2 Å². The molecule has 1 aromatic heterocycles. The molecule has 4 rings (SSSR count). The summed E-state index contributed by atoms with van der Waals surface area (Å²) in [5, 5.41) is 10.5. The highest BCUT2D eigenvalue weighted by Gasteiger charge is 2.32. The minimum Gasteiger partial charge on any atom is -0.361 e. The van der Waals surface area contributed by atoms with E-state index < -0.39 is 0 Å². The molecule has 2 atom stereocenters. The lowest BCUT2D eigenvalue weighted by atomic mass is 9.99. The molecule has 31 heavy (non-hydrogen) atoms. The molecule has 0 aliphatic carbocycles. The Morgan fingerprint density at radius 2 is 1.87 bits per heavy atom. The Bertz CT molecular complexity index is 1100. The Balaban J connectivity index is 1.66. The van der Waals surface area contributed by atoms with Gasteiger partial charge in [0.2, 0.25) is 0 Å². The molecule has 0 bridgehead atoms. The van der Waals surface area contributed by atoms with Crippen molar-refractivity contribution in [2.24, 2.45) is 0 Å². The molecule has 0 saturated carbocycles. The summed E-state index contributed by atoms with van der Waals surface area (Å²) >= 11 is 16.2. The maximum absolute atomic E-state index is 9.19. The van der Waals surface area contributed by atoms with E-state index in [0.29, 0.717) is 15.6 Å². The van der Waals surface area contributed by atoms with Gasteiger partial charge in [-0.05, 0) is 70.9 Å². The summed E-state index contributed by atoms with van der Waals surface area (Å²) in [6.45, 7) is 4.69. The molecule has 1 fully saturated rings. The van der Waals surface area contributed by atoms with Crippen LogP contribution in [0.25, 0.3) is 0 Å². The molecule has 0 N–H and O–H groups in total. The van der Waals surface area contributed by atoms with Crippen LogP contribution >= 0.6 is 39.1 Å². The Labute approximate surface area is 201 Å². The second kappa shape index (κ2) is 9.58. The second-order valence-corrected chi connectivity index (χ2v) is 9.37. The first-order chi connectivity index (χ1) is 15.0. The van der Waals surface area contributed by atoms with E-state index in [1.54, 1.807) is 6.07 Å². The van der Waals surface area contributed by atoms with E-state index in [2.05, 4.69) is 61.9 Å². The Morgan fingerprint density at radius 3 is 2.52 bits per heavy atom. The summed E-state index contributed by atoms with van der Waals surface area (Å²) in [6.07, 6.45) is 1.84. The average molecular weight is 516 g/mol. The molecule has 2 heterocycles. The zero-order valence-corrected chi connectivity index (χ0v) is 20.1. The lowest BCUT2D eigenvalue weighted by Crippen LogP contribution is -2.49. The van der Waals surface area contributed by atoms with Crippen LogP contribution in [-0.4, -0.2) is 29.5 Å². The third-order valence-electron chi connectivity index (χ3n) is 5.78. The van der Waals surface area contributed by atoms with Crippen LogP contribution in [0.15, 0.2) is 65.3 Å². The molecular formula is C24H21BrCl2N4. The van der Waals surface area contributed by atoms with Crippen molar-refractivity contribution in [3.05, 3.63) is 92.1 Å². The summed E-state index contributed by atoms with van der Waals surface area (Å²) in [5.41, 5.74) is 3.72. The fourth-order valence-electron chi connectivity index (χ4n) is 4.05. The number of aromatic nitrogens is 1. The van der Waals surface area contributed by atoms with Gasteiger partial charge in [0.05, 0.1) is 34.1 Å². The van der Waals surface area contributed by atoms with Crippen LogP contribution in [0.2, 0.25) is 10.0 Å². The number of hydrogen-bond acceptors (Lipinski definition) is 4. The normalized spacial score (nSPS) is 17.9. The van der Waals surface area contributed by atoms with Crippen LogP contribution in [0.5, 0.6) is 0 Å². The van der Waals surface area contributed by atoms with Gasteiger partial charge in [-0.3, -0.25) is 9.88 Å². The number of hydrogen-bond donors (Lipinski definition) is 0. The number of halogens is 3. The standard InChI is InChI=1S/C24H21BrCl2N4/c1-16(22-8-5-19(25)14-29-22)30-10-11-31(23-9-2-17(13-28)12-21(23)27)24(15-30)18-3-6-20(26)7-4-18/h2-9,12,14,16,24H,10-11,15H2,1H3/t16?,24-/m0/s1. The van der Waals surface area contributed by atoms with E-state index in [1.807, 2.05) is 36.5 Å². The molecule has 158 valence electrons. The van der Waals surface area contributed by atoms with Crippen LogP contribution in [0.3, 0.4) is 0 Å². The van der Waals surface area contributed by atoms with Gasteiger partial charge in [-0.1, -0.05) is 35.3 Å². The predicted molar refractivity (Wildman–Crippen MR) is 130 cm³/mol. The van der Waals surface area contributed by atoms with Gasteiger partial charge in [0.1, 0.15) is 0 Å². The van der Waals surface area contributed by atoms with Crippen molar-refractivity contribution >= 4 is 44.8 Å². The minimum atomic E-state index is 0.0920. The number of pyridine rings is 1. The lowest BCUT2D eigenvalue weighted by Gasteiger charge is -2.45. The van der Waals surface area contributed by atoms with Gasteiger partial charge in [0, 0.05) is 41.4 Å². The SMILES string of the molecule is CC(c1ccc(Br)cn1)N1CCN(c2ccc(C#N)cc2Cl)[C@H](c2ccc(Cl)cc2)C1. The van der Waals surface area contributed by atoms with Crippen molar-refractivity contribution in [1.29, 1.82) is 5.26 Å². The molecule has 3 aromatic rings. The van der Waals surface area contributed by atoms with Crippen LogP contribution in [-0.2, 0) is 0 Å². The van der Waals surface area contributed by atoms with Gasteiger partial charge in [-0.15, -0.1) is 0 Å². The molecule has 1 saturated heterocycles. The van der Waals surface area contributed by atoms with Crippen molar-refractivity contribution in [3.8, 4) is 6.07 Å². The summed E-state index contributed by atoms with van der Waals surface area (Å²) in [5.74, 6) is 0. The molecule has 1 unspecified atom stereocenters. The summed E-state index contributed by atoms with van der Waals surface area (Å²) in [7, 11) is 0. The Kier molecular flexibility index (Phi) is 6.83. The summed E-state index contributed by atoms with van der Waals surface area (Å²) in [6, 6.07) is 20.0. The zero-order chi connectivity index (χ0) is 22.0. The Hall–Kier alpha value is -2.10. The number of anilines is 1. The molecule has 2 aromatic carbocycles. The molecule has 1 aliphatic heterocycles. The molecule has 7 heteroatoms. The van der Waals surface area contributed by atoms with E-state index >= 15 is 0 Å². The number of benzene rings is 2. The van der Waals surface area contributed by atoms with Gasteiger partial charge >= 0.3 is 0 Å². The first kappa shape index (κ1) is 22.1. The smallest absolute Gasteiger partial charge is 0.0992 e. The summed E-state index contributed by atoms with van der Waals surface area (Å²) < 4.78 is 0.975. The third-order valence-corrected chi connectivity index (χ3v) is 6.80. The first-order valence-corrected chi connectivity index (χ1v) is 11.6. The summed E-state index contributed by atoms with van der Waals surface area (Å²) in [4.78, 5) is 9.37. The largest absolute Gasteiger partial charge is 0.361 e. The lowest BCUT2D eigenvalue weighted by molar-refractivity contribution is 0.168. The van der Waals surface area contributed by atoms with Gasteiger partial charge in [0.15, 0.2) is 0 Å². The molecule has 0 radical (unpaired) electrons. The van der Waals surface area contributed by atoms with Crippen molar-refractivity contribution in [2.45, 2.75) is 19.0 Å². The highest BCUT2D eigenvalue weighted by molar-refractivity contribution is 9.10. The van der Waals surface area contributed by atoms with Crippen molar-refractivity contribution < 1.29 is 0 Å². The fraction of sp³-hybridized carbons (Fsp3) is 0.250. The van der Waals surface area contributed by atoms with Crippen molar-refractivity contribution in [2.75, 3.05) is 24.5 Å². The van der Waals surface area contributed by atoms with Crippen LogP contribution < -0.4 is 4.90 Å². The van der Waals surface area contributed by atoms with Crippen LogP contribution in [0.1, 0.15) is 35.8 Å². The predicted octanol–water partition coefficient (Wildman–Crippen LogP) is 6.65. The monoisotopic (exact) mass is 514 g/mol. The third kappa shape index (κ3) is 4.88. The van der Waals surface area contributed by atoms with E-state index in [1.165, 1.54) is 5.56 Å². The van der Waals surface area contributed by atoms with E-state index in [-0.39, 0.29) is 12.1 Å².